The fourth-order valence-electron chi connectivity index (χ4n) is 2.35. The lowest BCUT2D eigenvalue weighted by molar-refractivity contribution is -0.00311. The Morgan fingerprint density at radius 2 is 1.48 bits per heavy atom. The van der Waals surface area contributed by atoms with E-state index in [-0.39, 0.29) is 22.9 Å². The maximum atomic E-state index is 12.5. The molecule has 4 nitrogen and oxygen atoms in total. The van der Waals surface area contributed by atoms with Gasteiger partial charge in [-0.25, -0.2) is 0 Å². The van der Waals surface area contributed by atoms with Gasteiger partial charge >= 0.3 is 5.71 Å². The second-order valence-corrected chi connectivity index (χ2v) is 4.61. The van der Waals surface area contributed by atoms with E-state index >= 15 is 0 Å². The number of hydrogen-bond acceptors (Lipinski definition) is 2. The van der Waals surface area contributed by atoms with Crippen molar-refractivity contribution in [1.29, 1.82) is 0 Å². The molecular formula is C17H10N2O2. The van der Waals surface area contributed by atoms with Crippen LogP contribution in [0.2, 0.25) is 0 Å². The summed E-state index contributed by atoms with van der Waals surface area (Å²) >= 11 is 0. The monoisotopic (exact) mass is 274 g/mol. The number of carbonyl (C=O) groups excluding carboxylic acids is 2. The normalized spacial score (nSPS) is 13.2. The summed E-state index contributed by atoms with van der Waals surface area (Å²) in [5.74, 6) is -0.584. The Kier molecular flexibility index (Phi) is 3.14. The molecule has 0 unspecified atom stereocenters. The number of benzene rings is 2. The number of carbonyl (C=O) groups is 2. The zero-order valence-corrected chi connectivity index (χ0v) is 11.0. The fourth-order valence-corrected chi connectivity index (χ4v) is 2.35. The molecule has 1 aliphatic carbocycles. The highest BCUT2D eigenvalue weighted by Crippen LogP contribution is 2.23. The number of Topliss-reactive ketones (excluding diaryl/α,β-unsaturated/α-hetero) is 1. The molecule has 2 aromatic carbocycles. The van der Waals surface area contributed by atoms with Crippen LogP contribution in [0.25, 0.3) is 5.53 Å². The molecule has 0 aromatic heterocycles. The van der Waals surface area contributed by atoms with Gasteiger partial charge in [-0.3, -0.25) is 9.59 Å². The molecule has 0 aliphatic heterocycles. The Balaban J connectivity index is 2.15. The van der Waals surface area contributed by atoms with Crippen LogP contribution in [-0.2, 0) is 0 Å². The van der Waals surface area contributed by atoms with E-state index in [0.29, 0.717) is 16.7 Å². The Morgan fingerprint density at radius 3 is 2.14 bits per heavy atom. The lowest BCUT2D eigenvalue weighted by Gasteiger charge is -2.12. The van der Waals surface area contributed by atoms with Crippen LogP contribution in [0.3, 0.4) is 0 Å². The van der Waals surface area contributed by atoms with Gasteiger partial charge in [0.05, 0.1) is 5.56 Å². The molecule has 0 bridgehead atoms. The highest BCUT2D eigenvalue weighted by atomic mass is 16.1. The second-order valence-electron chi connectivity index (χ2n) is 4.61. The first-order valence-corrected chi connectivity index (χ1v) is 6.40. The third-order valence-electron chi connectivity index (χ3n) is 3.36. The van der Waals surface area contributed by atoms with Crippen molar-refractivity contribution in [2.24, 2.45) is 0 Å². The van der Waals surface area contributed by atoms with Crippen molar-refractivity contribution < 1.29 is 14.4 Å². The number of allylic oxidation sites excluding steroid dienone is 2. The number of ketones is 2. The Morgan fingerprint density at radius 1 is 0.857 bits per heavy atom. The first-order chi connectivity index (χ1) is 10.2. The molecule has 0 spiro atoms. The van der Waals surface area contributed by atoms with E-state index in [2.05, 4.69) is 4.79 Å². The molecule has 0 saturated carbocycles. The molecule has 0 fully saturated rings. The average Bonchev–Trinajstić information content (AvgIpc) is 2.54. The van der Waals surface area contributed by atoms with Crippen molar-refractivity contribution in [3.05, 3.63) is 88.5 Å². The van der Waals surface area contributed by atoms with Gasteiger partial charge in [0.1, 0.15) is 5.57 Å². The van der Waals surface area contributed by atoms with E-state index in [1.54, 1.807) is 48.5 Å². The van der Waals surface area contributed by atoms with E-state index < -0.39 is 0 Å². The van der Waals surface area contributed by atoms with Crippen LogP contribution in [0, 0.1) is 0 Å². The van der Waals surface area contributed by atoms with Crippen LogP contribution in [0.15, 0.2) is 66.2 Å². The lowest BCUT2D eigenvalue weighted by atomic mass is 9.86. The van der Waals surface area contributed by atoms with Gasteiger partial charge in [0.15, 0.2) is 5.78 Å². The van der Waals surface area contributed by atoms with Gasteiger partial charge in [0.25, 0.3) is 0 Å². The molecule has 0 atom stereocenters. The summed E-state index contributed by atoms with van der Waals surface area (Å²) in [5, 5.41) is 0. The van der Waals surface area contributed by atoms with E-state index in [9.17, 15) is 15.1 Å². The number of fused-ring (bicyclic) bond motifs is 1. The fraction of sp³-hybridized carbons (Fsp3) is 0. The molecule has 4 heteroatoms. The molecular weight excluding hydrogens is 264 g/mol. The van der Waals surface area contributed by atoms with Crippen LogP contribution in [0.4, 0.5) is 0 Å². The Bertz CT molecular complexity index is 829. The Hall–Kier alpha value is -3.10. The van der Waals surface area contributed by atoms with E-state index in [4.69, 9.17) is 0 Å². The molecule has 0 radical (unpaired) electrons. The highest BCUT2D eigenvalue weighted by molar-refractivity contribution is 6.37. The summed E-state index contributed by atoms with van der Waals surface area (Å²) in [6.07, 6.45) is 1.23. The maximum absolute atomic E-state index is 12.5. The van der Waals surface area contributed by atoms with Gasteiger partial charge in [-0.15, -0.1) is 0 Å². The van der Waals surface area contributed by atoms with Crippen molar-refractivity contribution in [2.45, 2.75) is 0 Å². The van der Waals surface area contributed by atoms with Crippen LogP contribution < -0.4 is 0 Å². The van der Waals surface area contributed by atoms with Gasteiger partial charge < -0.3 is 5.53 Å². The van der Waals surface area contributed by atoms with Gasteiger partial charge in [0.2, 0.25) is 5.78 Å². The third-order valence-corrected chi connectivity index (χ3v) is 3.36. The summed E-state index contributed by atoms with van der Waals surface area (Å²) < 4.78 is 0. The average molecular weight is 274 g/mol. The van der Waals surface area contributed by atoms with E-state index in [0.717, 1.165) is 0 Å². The molecule has 2 aromatic rings. The van der Waals surface area contributed by atoms with Crippen molar-refractivity contribution in [2.75, 3.05) is 0 Å². The summed E-state index contributed by atoms with van der Waals surface area (Å²) in [5.41, 5.74) is 10.8. The van der Waals surface area contributed by atoms with Gasteiger partial charge in [-0.1, -0.05) is 42.5 Å². The quantitative estimate of drug-likeness (QED) is 0.480. The largest absolute Gasteiger partial charge is 0.361 e. The topological polar surface area (TPSA) is 70.5 Å². The summed E-state index contributed by atoms with van der Waals surface area (Å²) in [6.45, 7) is 0. The minimum Gasteiger partial charge on any atom is -0.361 e. The lowest BCUT2D eigenvalue weighted by Crippen LogP contribution is -2.23. The zero-order valence-electron chi connectivity index (χ0n) is 11.0. The molecule has 100 valence electrons. The van der Waals surface area contributed by atoms with Crippen molar-refractivity contribution in [3.8, 4) is 0 Å². The van der Waals surface area contributed by atoms with Crippen LogP contribution in [-0.4, -0.2) is 22.1 Å². The molecule has 0 amide bonds. The standard InChI is InChI=1S/C17H10N2O2/c18-19-16(11-6-2-1-3-7-11)14-10-15(20)12-8-4-5-9-13(12)17(14)21/h1-10H. The maximum Gasteiger partial charge on any atom is 0.333 e. The Labute approximate surface area is 121 Å². The van der Waals surface area contributed by atoms with Crippen LogP contribution >= 0.6 is 0 Å². The van der Waals surface area contributed by atoms with Gasteiger partial charge in [0, 0.05) is 17.2 Å². The molecule has 0 heterocycles. The number of nitrogens with zero attached hydrogens (tertiary/aromatic N) is 2. The summed E-state index contributed by atoms with van der Waals surface area (Å²) in [6, 6.07) is 15.4. The molecule has 0 saturated heterocycles. The van der Waals surface area contributed by atoms with E-state index in [1.165, 1.54) is 6.08 Å². The van der Waals surface area contributed by atoms with Crippen LogP contribution in [0.1, 0.15) is 26.3 Å². The summed E-state index contributed by atoms with van der Waals surface area (Å²) in [7, 11) is 0. The molecule has 1 aliphatic rings. The zero-order chi connectivity index (χ0) is 14.8. The smallest absolute Gasteiger partial charge is 0.333 e. The molecule has 3 rings (SSSR count). The predicted molar refractivity (Wildman–Crippen MR) is 77.4 cm³/mol. The first-order valence-electron chi connectivity index (χ1n) is 6.40. The van der Waals surface area contributed by atoms with E-state index in [1.807, 2.05) is 6.07 Å². The van der Waals surface area contributed by atoms with Gasteiger partial charge in [-0.2, -0.15) is 4.79 Å². The first kappa shape index (κ1) is 12.9. The minimum atomic E-state index is -0.318. The second kappa shape index (κ2) is 5.12. The molecule has 21 heavy (non-hydrogen) atoms. The van der Waals surface area contributed by atoms with Crippen molar-refractivity contribution in [3.63, 3.8) is 0 Å². The van der Waals surface area contributed by atoms with Crippen LogP contribution in [0.5, 0.6) is 0 Å². The SMILES string of the molecule is [N-]=[N+]=C(C1=CC(=O)c2ccccc2C1=O)c1ccccc1. The predicted octanol–water partition coefficient (Wildman–Crippen LogP) is 2.71. The highest BCUT2D eigenvalue weighted by Gasteiger charge is 2.32. The van der Waals surface area contributed by atoms with Crippen molar-refractivity contribution in [1.82, 2.24) is 0 Å². The number of rotatable bonds is 2. The van der Waals surface area contributed by atoms with Crippen molar-refractivity contribution >= 4 is 17.3 Å². The summed E-state index contributed by atoms with van der Waals surface area (Å²) in [4.78, 5) is 27.9. The third kappa shape index (κ3) is 2.14. The number of hydrogen-bond donors (Lipinski definition) is 0. The van der Waals surface area contributed by atoms with Gasteiger partial charge in [-0.05, 0) is 12.1 Å². The minimum absolute atomic E-state index is 0.100. The molecule has 0 N–H and O–H groups in total.